The fourth-order valence-corrected chi connectivity index (χ4v) is 3.67. The maximum Gasteiger partial charge on any atom is 0.167 e. The summed E-state index contributed by atoms with van der Waals surface area (Å²) in [6, 6.07) is 13.2. The van der Waals surface area contributed by atoms with Crippen molar-refractivity contribution in [2.75, 3.05) is 7.11 Å². The van der Waals surface area contributed by atoms with E-state index in [0.717, 1.165) is 21.2 Å². The van der Waals surface area contributed by atoms with Gasteiger partial charge in [-0.3, -0.25) is 4.98 Å². The molecule has 0 saturated carbocycles. The van der Waals surface area contributed by atoms with Crippen LogP contribution in [0, 0.1) is 0 Å². The minimum absolute atomic E-state index is 0.239. The van der Waals surface area contributed by atoms with E-state index in [-0.39, 0.29) is 6.61 Å². The summed E-state index contributed by atoms with van der Waals surface area (Å²) in [5, 5.41) is 4.56. The van der Waals surface area contributed by atoms with Crippen molar-refractivity contribution >= 4 is 39.1 Å². The molecular weight excluding hydrogens is 463 g/mol. The van der Waals surface area contributed by atoms with E-state index in [0.29, 0.717) is 34.6 Å². The van der Waals surface area contributed by atoms with Gasteiger partial charge in [-0.1, -0.05) is 45.2 Å². The zero-order chi connectivity index (χ0) is 19.9. The molecule has 0 aliphatic carbocycles. The van der Waals surface area contributed by atoms with Crippen LogP contribution in [-0.2, 0) is 19.7 Å². The number of hydrogen-bond donors (Lipinski definition) is 1. The van der Waals surface area contributed by atoms with Crippen LogP contribution in [-0.4, -0.2) is 12.1 Å². The first-order valence-electron chi connectivity index (χ1n) is 8.61. The Bertz CT molecular complexity index is 919. The van der Waals surface area contributed by atoms with E-state index in [4.69, 9.17) is 32.7 Å². The number of rotatable bonds is 8. The number of ether oxygens (including phenoxy) is 2. The molecule has 0 aliphatic rings. The Morgan fingerprint density at radius 3 is 2.36 bits per heavy atom. The highest BCUT2D eigenvalue weighted by Gasteiger charge is 2.16. The van der Waals surface area contributed by atoms with Gasteiger partial charge in [-0.25, -0.2) is 0 Å². The number of aromatic nitrogens is 1. The zero-order valence-electron chi connectivity index (χ0n) is 15.2. The third-order valence-electron chi connectivity index (χ3n) is 4.19. The topological polar surface area (TPSA) is 43.4 Å². The first-order valence-corrected chi connectivity index (χ1v) is 10.2. The summed E-state index contributed by atoms with van der Waals surface area (Å²) < 4.78 is 12.5. The van der Waals surface area contributed by atoms with Crippen LogP contribution in [0.5, 0.6) is 11.5 Å². The fourth-order valence-electron chi connectivity index (χ4n) is 2.71. The van der Waals surface area contributed by atoms with Crippen LogP contribution < -0.4 is 14.8 Å². The normalized spacial score (nSPS) is 10.7. The summed E-state index contributed by atoms with van der Waals surface area (Å²) in [7, 11) is 1.62. The van der Waals surface area contributed by atoms with Gasteiger partial charge in [-0.2, -0.15) is 0 Å². The summed E-state index contributed by atoms with van der Waals surface area (Å²) in [4.78, 5) is 4.04. The molecule has 1 N–H and O–H groups in total. The Balaban J connectivity index is 1.79. The summed E-state index contributed by atoms with van der Waals surface area (Å²) in [5.74, 6) is 1.29. The number of benzene rings is 2. The lowest BCUT2D eigenvalue weighted by Gasteiger charge is -2.18. The molecule has 0 bridgehead atoms. The minimum Gasteiger partial charge on any atom is -0.493 e. The van der Waals surface area contributed by atoms with E-state index in [1.54, 1.807) is 31.6 Å². The molecule has 28 heavy (non-hydrogen) atoms. The van der Waals surface area contributed by atoms with Crippen LogP contribution in [0.2, 0.25) is 10.0 Å². The lowest BCUT2D eigenvalue weighted by atomic mass is 10.1. The van der Waals surface area contributed by atoms with Gasteiger partial charge in [0.25, 0.3) is 0 Å². The number of methoxy groups -OCH3 is 1. The average Bonchev–Trinajstić information content (AvgIpc) is 2.70. The molecule has 3 aromatic rings. The predicted molar refractivity (Wildman–Crippen MR) is 116 cm³/mol. The van der Waals surface area contributed by atoms with Gasteiger partial charge in [0.1, 0.15) is 6.61 Å². The number of halogens is 3. The Labute approximate surface area is 182 Å². The lowest BCUT2D eigenvalue weighted by molar-refractivity contribution is 0.280. The number of hydrogen-bond acceptors (Lipinski definition) is 4. The molecule has 7 heteroatoms. The van der Waals surface area contributed by atoms with Gasteiger partial charge in [0.15, 0.2) is 11.5 Å². The molecule has 1 aromatic heterocycles. The van der Waals surface area contributed by atoms with Crippen molar-refractivity contribution < 1.29 is 9.47 Å². The van der Waals surface area contributed by atoms with Crippen molar-refractivity contribution in [2.45, 2.75) is 19.7 Å². The van der Waals surface area contributed by atoms with E-state index in [2.05, 4.69) is 26.2 Å². The molecule has 0 fully saturated rings. The van der Waals surface area contributed by atoms with Crippen LogP contribution in [0.4, 0.5) is 0 Å². The number of nitrogens with one attached hydrogen (secondary N) is 1. The quantitative estimate of drug-likeness (QED) is 0.426. The molecule has 3 rings (SSSR count). The van der Waals surface area contributed by atoms with Gasteiger partial charge in [-0.15, -0.1) is 0 Å². The standard InChI is InChI=1S/C21H19BrCl2N2O2/c1-27-20-6-5-17(22)15(12-26-11-14-7-9-25-10-8-14)21(20)28-13-16-18(23)3-2-4-19(16)24/h2-10,26H,11-13H2,1H3. The van der Waals surface area contributed by atoms with Crippen LogP contribution in [0.15, 0.2) is 59.3 Å². The van der Waals surface area contributed by atoms with Gasteiger partial charge < -0.3 is 14.8 Å². The minimum atomic E-state index is 0.239. The molecule has 0 radical (unpaired) electrons. The summed E-state index contributed by atoms with van der Waals surface area (Å²) in [6.45, 7) is 1.54. The zero-order valence-corrected chi connectivity index (χ0v) is 18.3. The lowest BCUT2D eigenvalue weighted by Crippen LogP contribution is -2.14. The molecule has 0 unspecified atom stereocenters. The summed E-state index contributed by atoms with van der Waals surface area (Å²) in [6.07, 6.45) is 3.56. The molecule has 1 heterocycles. The van der Waals surface area contributed by atoms with Crippen molar-refractivity contribution in [3.8, 4) is 11.5 Å². The van der Waals surface area contributed by atoms with Crippen LogP contribution in [0.3, 0.4) is 0 Å². The SMILES string of the molecule is COc1ccc(Br)c(CNCc2ccncc2)c1OCc1c(Cl)cccc1Cl. The number of nitrogens with zero attached hydrogens (tertiary/aromatic N) is 1. The first-order chi connectivity index (χ1) is 13.6. The monoisotopic (exact) mass is 480 g/mol. The fraction of sp³-hybridized carbons (Fsp3) is 0.190. The smallest absolute Gasteiger partial charge is 0.167 e. The molecule has 0 amide bonds. The van der Waals surface area contributed by atoms with Crippen molar-refractivity contribution in [3.05, 3.63) is 86.1 Å². The van der Waals surface area contributed by atoms with Crippen LogP contribution in [0.1, 0.15) is 16.7 Å². The van der Waals surface area contributed by atoms with Crippen LogP contribution >= 0.6 is 39.1 Å². The van der Waals surface area contributed by atoms with E-state index in [1.807, 2.05) is 30.3 Å². The number of pyridine rings is 1. The van der Waals surface area contributed by atoms with E-state index >= 15 is 0 Å². The maximum atomic E-state index is 6.27. The highest BCUT2D eigenvalue weighted by molar-refractivity contribution is 9.10. The Kier molecular flexibility index (Phi) is 7.57. The second kappa shape index (κ2) is 10.1. The molecule has 0 saturated heterocycles. The van der Waals surface area contributed by atoms with Crippen LogP contribution in [0.25, 0.3) is 0 Å². The highest BCUT2D eigenvalue weighted by atomic mass is 79.9. The van der Waals surface area contributed by atoms with Gasteiger partial charge >= 0.3 is 0 Å². The first kappa shape index (κ1) is 20.9. The van der Waals surface area contributed by atoms with Crippen molar-refractivity contribution in [3.63, 3.8) is 0 Å². The third kappa shape index (κ3) is 5.17. The summed E-state index contributed by atoms with van der Waals surface area (Å²) in [5.41, 5.74) is 2.85. The van der Waals surface area contributed by atoms with Gasteiger partial charge in [0, 0.05) is 51.1 Å². The van der Waals surface area contributed by atoms with Crippen molar-refractivity contribution in [1.82, 2.24) is 10.3 Å². The third-order valence-corrected chi connectivity index (χ3v) is 5.64. The second-order valence-electron chi connectivity index (χ2n) is 6.01. The van der Waals surface area contributed by atoms with E-state index in [9.17, 15) is 0 Å². The molecule has 0 aliphatic heterocycles. The molecule has 4 nitrogen and oxygen atoms in total. The van der Waals surface area contributed by atoms with Gasteiger partial charge in [0.05, 0.1) is 7.11 Å². The Morgan fingerprint density at radius 2 is 1.68 bits per heavy atom. The Morgan fingerprint density at radius 1 is 0.964 bits per heavy atom. The van der Waals surface area contributed by atoms with Crippen molar-refractivity contribution in [1.29, 1.82) is 0 Å². The largest absolute Gasteiger partial charge is 0.493 e. The molecule has 0 atom stereocenters. The maximum absolute atomic E-state index is 6.27. The summed E-state index contributed by atoms with van der Waals surface area (Å²) >= 11 is 16.2. The molecule has 0 spiro atoms. The Hall–Kier alpha value is -1.79. The highest BCUT2D eigenvalue weighted by Crippen LogP contribution is 2.37. The molecule has 2 aromatic carbocycles. The van der Waals surface area contributed by atoms with E-state index in [1.165, 1.54) is 0 Å². The predicted octanol–water partition coefficient (Wildman–Crippen LogP) is 6.03. The average molecular weight is 482 g/mol. The second-order valence-corrected chi connectivity index (χ2v) is 7.67. The van der Waals surface area contributed by atoms with Gasteiger partial charge in [-0.05, 0) is 42.0 Å². The molecular formula is C21H19BrCl2N2O2. The van der Waals surface area contributed by atoms with Crippen molar-refractivity contribution in [2.24, 2.45) is 0 Å². The molecule has 146 valence electrons. The van der Waals surface area contributed by atoms with E-state index < -0.39 is 0 Å². The van der Waals surface area contributed by atoms with Gasteiger partial charge in [0.2, 0.25) is 0 Å².